The van der Waals surface area contributed by atoms with E-state index in [0.717, 1.165) is 5.56 Å². The summed E-state index contributed by atoms with van der Waals surface area (Å²) in [5.74, 6) is 1.13. The van der Waals surface area contributed by atoms with Crippen molar-refractivity contribution in [2.75, 3.05) is 33.1 Å². The smallest absolute Gasteiger partial charge is 0.270 e. The highest BCUT2D eigenvalue weighted by molar-refractivity contribution is 7.93. The highest BCUT2D eigenvalue weighted by Crippen LogP contribution is 2.36. The Balaban J connectivity index is 1.98. The van der Waals surface area contributed by atoms with Crippen LogP contribution in [0.15, 0.2) is 56.9 Å². The van der Waals surface area contributed by atoms with Gasteiger partial charge < -0.3 is 18.7 Å². The predicted molar refractivity (Wildman–Crippen MR) is 112 cm³/mol. The van der Waals surface area contributed by atoms with Crippen molar-refractivity contribution >= 4 is 22.1 Å². The monoisotopic (exact) mass is 431 g/mol. The van der Waals surface area contributed by atoms with Crippen LogP contribution in [-0.2, 0) is 10.0 Å². The van der Waals surface area contributed by atoms with Gasteiger partial charge in [0.05, 0.1) is 26.9 Å². The van der Waals surface area contributed by atoms with Gasteiger partial charge in [-0.1, -0.05) is 11.2 Å². The number of nitrogens with one attached hydrogen (secondary N) is 1. The number of hydrogen-bond acceptors (Lipinski definition) is 8. The Labute approximate surface area is 174 Å². The standard InChI is InChI=1S/C20H21N3O6S/c1-21-12-13-8-9-15(26-2)14(10-13)18-11-19(22-29-18)23-30(24,25)20-16(27-3)6-5-7-17(20)28-4/h5-12H,1-4H3,(H,22,23). The summed E-state index contributed by atoms with van der Waals surface area (Å²) in [5, 5.41) is 3.83. The van der Waals surface area contributed by atoms with E-state index in [-0.39, 0.29) is 22.2 Å². The molecule has 0 radical (unpaired) electrons. The van der Waals surface area contributed by atoms with E-state index in [1.54, 1.807) is 31.5 Å². The lowest BCUT2D eigenvalue weighted by Gasteiger charge is -2.13. The number of anilines is 1. The Kier molecular flexibility index (Phi) is 6.26. The fourth-order valence-electron chi connectivity index (χ4n) is 2.87. The van der Waals surface area contributed by atoms with Crippen molar-refractivity contribution in [1.82, 2.24) is 5.16 Å². The van der Waals surface area contributed by atoms with Crippen LogP contribution < -0.4 is 18.9 Å². The average molecular weight is 431 g/mol. The highest BCUT2D eigenvalue weighted by atomic mass is 32.2. The number of benzene rings is 2. The zero-order valence-electron chi connectivity index (χ0n) is 16.9. The Morgan fingerprint density at radius 3 is 2.27 bits per heavy atom. The molecule has 10 heteroatoms. The molecule has 0 aliphatic heterocycles. The lowest BCUT2D eigenvalue weighted by Crippen LogP contribution is -2.15. The minimum Gasteiger partial charge on any atom is -0.496 e. The lowest BCUT2D eigenvalue weighted by atomic mass is 10.1. The molecule has 3 rings (SSSR count). The summed E-state index contributed by atoms with van der Waals surface area (Å²) in [6.45, 7) is 0. The molecule has 3 aromatic rings. The number of aliphatic imine (C=N–C) groups is 1. The van der Waals surface area contributed by atoms with Crippen molar-refractivity contribution in [2.24, 2.45) is 4.99 Å². The highest BCUT2D eigenvalue weighted by Gasteiger charge is 2.26. The van der Waals surface area contributed by atoms with Crippen LogP contribution in [0.3, 0.4) is 0 Å². The van der Waals surface area contributed by atoms with Gasteiger partial charge in [0, 0.05) is 19.3 Å². The first-order valence-electron chi connectivity index (χ1n) is 8.74. The summed E-state index contributed by atoms with van der Waals surface area (Å²) < 4.78 is 49.4. The minimum atomic E-state index is -4.08. The molecule has 1 heterocycles. The van der Waals surface area contributed by atoms with Crippen molar-refractivity contribution in [3.05, 3.63) is 48.0 Å². The summed E-state index contributed by atoms with van der Waals surface area (Å²) in [7, 11) is 1.87. The molecule has 2 aromatic carbocycles. The Morgan fingerprint density at radius 2 is 1.67 bits per heavy atom. The van der Waals surface area contributed by atoms with Crippen molar-refractivity contribution in [3.8, 4) is 28.6 Å². The molecule has 0 aliphatic rings. The Bertz CT molecular complexity index is 1150. The zero-order valence-corrected chi connectivity index (χ0v) is 17.7. The number of hydrogen-bond donors (Lipinski definition) is 1. The molecule has 0 bridgehead atoms. The number of methoxy groups -OCH3 is 3. The van der Waals surface area contributed by atoms with E-state index < -0.39 is 10.0 Å². The fraction of sp³-hybridized carbons (Fsp3) is 0.200. The summed E-state index contributed by atoms with van der Waals surface area (Å²) in [5.41, 5.74) is 1.42. The second-order valence-corrected chi connectivity index (χ2v) is 7.64. The first kappa shape index (κ1) is 21.2. The molecule has 0 unspecified atom stereocenters. The SMILES string of the molecule is CN=Cc1ccc(OC)c(-c2cc(NS(=O)(=O)c3c(OC)cccc3OC)no2)c1. The van der Waals surface area contributed by atoms with E-state index in [4.69, 9.17) is 18.7 Å². The van der Waals surface area contributed by atoms with Crippen LogP contribution in [0.2, 0.25) is 0 Å². The topological polar surface area (TPSA) is 112 Å². The van der Waals surface area contributed by atoms with E-state index in [1.165, 1.54) is 39.5 Å². The van der Waals surface area contributed by atoms with Crippen LogP contribution in [0, 0.1) is 0 Å². The van der Waals surface area contributed by atoms with E-state index in [2.05, 4.69) is 14.9 Å². The van der Waals surface area contributed by atoms with Gasteiger partial charge in [-0.3, -0.25) is 9.71 Å². The van der Waals surface area contributed by atoms with Crippen molar-refractivity contribution in [1.29, 1.82) is 0 Å². The molecule has 1 aromatic heterocycles. The normalized spacial score (nSPS) is 11.5. The first-order valence-corrected chi connectivity index (χ1v) is 10.2. The van der Waals surface area contributed by atoms with Gasteiger partial charge in [-0.15, -0.1) is 0 Å². The lowest BCUT2D eigenvalue weighted by molar-refractivity contribution is 0.373. The molecule has 0 saturated carbocycles. The third-order valence-electron chi connectivity index (χ3n) is 4.17. The van der Waals surface area contributed by atoms with Crippen LogP contribution in [0.25, 0.3) is 11.3 Å². The summed E-state index contributed by atoms with van der Waals surface area (Å²) >= 11 is 0. The number of sulfonamides is 1. The minimum absolute atomic E-state index is 0.00502. The molecule has 0 saturated heterocycles. The molecule has 0 aliphatic carbocycles. The van der Waals surface area contributed by atoms with Gasteiger partial charge in [0.1, 0.15) is 17.2 Å². The summed E-state index contributed by atoms with van der Waals surface area (Å²) in [6.07, 6.45) is 1.68. The molecule has 0 fully saturated rings. The third-order valence-corrected chi connectivity index (χ3v) is 5.59. The average Bonchev–Trinajstić information content (AvgIpc) is 3.20. The fourth-order valence-corrected chi connectivity index (χ4v) is 4.17. The first-order chi connectivity index (χ1) is 14.4. The molecule has 9 nitrogen and oxygen atoms in total. The van der Waals surface area contributed by atoms with Crippen LogP contribution in [0.5, 0.6) is 17.2 Å². The van der Waals surface area contributed by atoms with Crippen LogP contribution in [-0.4, -0.2) is 48.2 Å². The molecule has 0 atom stereocenters. The van der Waals surface area contributed by atoms with Gasteiger partial charge in [0.2, 0.25) is 0 Å². The summed E-state index contributed by atoms with van der Waals surface area (Å²) in [4.78, 5) is 3.85. The van der Waals surface area contributed by atoms with Crippen molar-refractivity contribution < 1.29 is 27.2 Å². The number of rotatable bonds is 8. The Morgan fingerprint density at radius 1 is 1.00 bits per heavy atom. The van der Waals surface area contributed by atoms with E-state index in [1.807, 2.05) is 6.07 Å². The molecular formula is C20H21N3O6S. The molecule has 0 amide bonds. The van der Waals surface area contributed by atoms with Crippen LogP contribution >= 0.6 is 0 Å². The van der Waals surface area contributed by atoms with E-state index in [9.17, 15) is 8.42 Å². The van der Waals surface area contributed by atoms with Gasteiger partial charge in [0.15, 0.2) is 16.5 Å². The van der Waals surface area contributed by atoms with E-state index >= 15 is 0 Å². The van der Waals surface area contributed by atoms with E-state index in [0.29, 0.717) is 17.1 Å². The third kappa shape index (κ3) is 4.23. The van der Waals surface area contributed by atoms with Crippen molar-refractivity contribution in [2.45, 2.75) is 4.90 Å². The maximum absolute atomic E-state index is 13.0. The quantitative estimate of drug-likeness (QED) is 0.545. The second-order valence-electron chi connectivity index (χ2n) is 6.02. The van der Waals surface area contributed by atoms with Crippen molar-refractivity contribution in [3.63, 3.8) is 0 Å². The van der Waals surface area contributed by atoms with Gasteiger partial charge in [-0.2, -0.15) is 0 Å². The molecule has 30 heavy (non-hydrogen) atoms. The molecule has 1 N–H and O–H groups in total. The van der Waals surface area contributed by atoms with Gasteiger partial charge in [-0.25, -0.2) is 8.42 Å². The number of ether oxygens (including phenoxy) is 3. The molecular weight excluding hydrogens is 410 g/mol. The molecule has 158 valence electrons. The van der Waals surface area contributed by atoms with Gasteiger partial charge >= 0.3 is 0 Å². The van der Waals surface area contributed by atoms with Crippen LogP contribution in [0.1, 0.15) is 5.56 Å². The summed E-state index contributed by atoms with van der Waals surface area (Å²) in [6, 6.07) is 11.5. The van der Waals surface area contributed by atoms with Crippen LogP contribution in [0.4, 0.5) is 5.82 Å². The largest absolute Gasteiger partial charge is 0.496 e. The Hall–Kier alpha value is -3.53. The predicted octanol–water partition coefficient (Wildman–Crippen LogP) is 3.22. The molecule has 0 spiro atoms. The maximum Gasteiger partial charge on any atom is 0.270 e. The maximum atomic E-state index is 13.0. The van der Waals surface area contributed by atoms with Gasteiger partial charge in [-0.05, 0) is 35.9 Å². The zero-order chi connectivity index (χ0) is 21.7. The number of aromatic nitrogens is 1. The number of nitrogens with zero attached hydrogens (tertiary/aromatic N) is 2. The van der Waals surface area contributed by atoms with Gasteiger partial charge in [0.25, 0.3) is 10.0 Å². The second kappa shape index (κ2) is 8.87.